The summed E-state index contributed by atoms with van der Waals surface area (Å²) in [5, 5.41) is 10.7. The third kappa shape index (κ3) is 17.2. The molecule has 0 unspecified atom stereocenters. The van der Waals surface area contributed by atoms with Crippen LogP contribution in [-0.2, 0) is 40.1 Å². The Morgan fingerprint density at radius 3 is 2.00 bits per heavy atom. The highest BCUT2D eigenvalue weighted by molar-refractivity contribution is 6.12. The van der Waals surface area contributed by atoms with Crippen molar-refractivity contribution in [3.05, 3.63) is 42.0 Å². The SMILES string of the molecule is CC(C)[C@H](NC(=O)CCCCCN1C(=O)C=CC1=O)C(=O)N[C@@H](CCCNC(N)=O)C(=O)Nc1ccc(COC(=O)N(C)CCN(C)C(=O)OC(C)(C)C)cc1. The lowest BCUT2D eigenvalue weighted by molar-refractivity contribution is -0.137. The molecule has 2 atom stereocenters. The molecule has 6 N–H and O–H groups in total. The minimum Gasteiger partial charge on any atom is -0.445 e. The van der Waals surface area contributed by atoms with Gasteiger partial charge in [0.1, 0.15) is 24.3 Å². The van der Waals surface area contributed by atoms with Crippen molar-refractivity contribution >= 4 is 53.4 Å². The lowest BCUT2D eigenvalue weighted by Gasteiger charge is -2.26. The highest BCUT2D eigenvalue weighted by Crippen LogP contribution is 2.14. The topological polar surface area (TPSA) is 239 Å². The lowest BCUT2D eigenvalue weighted by atomic mass is 10.0. The predicted molar refractivity (Wildman–Crippen MR) is 207 cm³/mol. The number of primary amides is 1. The maximum absolute atomic E-state index is 13.4. The first-order valence-corrected chi connectivity index (χ1v) is 18.7. The molecule has 1 heterocycles. The van der Waals surface area contributed by atoms with Crippen LogP contribution in [0.15, 0.2) is 36.4 Å². The van der Waals surface area contributed by atoms with E-state index < -0.39 is 47.7 Å². The van der Waals surface area contributed by atoms with Crippen LogP contribution in [0, 0.1) is 5.92 Å². The summed E-state index contributed by atoms with van der Waals surface area (Å²) in [7, 11) is 3.13. The first-order valence-electron chi connectivity index (χ1n) is 18.7. The standard InChI is InChI=1S/C38H58N8O10/c1-25(2)32(43-29(47)13-9-8-10-21-46-30(48)18-19-31(46)49)34(51)42-28(12-11-20-40-35(39)52)33(50)41-27-16-14-26(15-17-27)24-55-36(53)44(6)22-23-45(7)37(54)56-38(3,4)5/h14-19,25,28,32H,8-13,20-24H2,1-7H3,(H,41,50)(H,42,51)(H,43,47)(H3,39,40,52)/t28-,32-/m0/s1. The number of imide groups is 1. The fourth-order valence-corrected chi connectivity index (χ4v) is 5.20. The van der Waals surface area contributed by atoms with Gasteiger partial charge in [-0.2, -0.15) is 0 Å². The molecule has 56 heavy (non-hydrogen) atoms. The maximum Gasteiger partial charge on any atom is 0.410 e. The summed E-state index contributed by atoms with van der Waals surface area (Å²) < 4.78 is 10.7. The minimum atomic E-state index is -1.04. The molecule has 0 saturated carbocycles. The van der Waals surface area contributed by atoms with Gasteiger partial charge >= 0.3 is 18.2 Å². The molecular formula is C38H58N8O10. The van der Waals surface area contributed by atoms with Crippen LogP contribution < -0.4 is 27.0 Å². The molecule has 0 saturated heterocycles. The largest absolute Gasteiger partial charge is 0.445 e. The highest BCUT2D eigenvalue weighted by Gasteiger charge is 2.29. The number of urea groups is 1. The molecule has 2 rings (SSSR count). The smallest absolute Gasteiger partial charge is 0.410 e. The van der Waals surface area contributed by atoms with E-state index in [-0.39, 0.29) is 69.3 Å². The van der Waals surface area contributed by atoms with E-state index in [1.54, 1.807) is 73.0 Å². The van der Waals surface area contributed by atoms with Crippen molar-refractivity contribution in [3.8, 4) is 0 Å². The number of carbonyl (C=O) groups excluding carboxylic acids is 8. The number of nitrogens with zero attached hydrogens (tertiary/aromatic N) is 3. The lowest BCUT2D eigenvalue weighted by Crippen LogP contribution is -2.54. The van der Waals surface area contributed by atoms with Gasteiger partial charge in [-0.05, 0) is 70.1 Å². The Morgan fingerprint density at radius 2 is 1.43 bits per heavy atom. The Balaban J connectivity index is 1.92. The molecule has 310 valence electrons. The molecule has 1 aromatic carbocycles. The average molecular weight is 787 g/mol. The van der Waals surface area contributed by atoms with Crippen LogP contribution in [0.4, 0.5) is 20.1 Å². The number of likely N-dealkylation sites (N-methyl/N-ethyl adjacent to an activating group) is 2. The van der Waals surface area contributed by atoms with Crippen LogP contribution in [0.2, 0.25) is 0 Å². The molecule has 18 heteroatoms. The zero-order chi connectivity index (χ0) is 42.0. The number of anilines is 1. The first-order chi connectivity index (χ1) is 26.3. The quantitative estimate of drug-likeness (QED) is 0.0902. The van der Waals surface area contributed by atoms with Crippen LogP contribution in [-0.4, -0.2) is 120 Å². The van der Waals surface area contributed by atoms with Crippen molar-refractivity contribution in [2.24, 2.45) is 11.7 Å². The van der Waals surface area contributed by atoms with Gasteiger partial charge < -0.3 is 46.3 Å². The van der Waals surface area contributed by atoms with Crippen molar-refractivity contribution in [2.45, 2.75) is 97.4 Å². The van der Waals surface area contributed by atoms with Crippen molar-refractivity contribution in [3.63, 3.8) is 0 Å². The van der Waals surface area contributed by atoms with Gasteiger partial charge in [0.05, 0.1) is 0 Å². The van der Waals surface area contributed by atoms with Crippen molar-refractivity contribution in [1.82, 2.24) is 30.7 Å². The number of hydrogen-bond donors (Lipinski definition) is 5. The average Bonchev–Trinajstić information content (AvgIpc) is 3.44. The summed E-state index contributed by atoms with van der Waals surface area (Å²) in [4.78, 5) is 103. The van der Waals surface area contributed by atoms with Gasteiger partial charge in [-0.25, -0.2) is 14.4 Å². The summed E-state index contributed by atoms with van der Waals surface area (Å²) in [5.74, 6) is -2.48. The number of hydrogen-bond acceptors (Lipinski definition) is 10. The molecule has 0 bridgehead atoms. The van der Waals surface area contributed by atoms with E-state index in [2.05, 4.69) is 21.3 Å². The Labute approximate surface area is 328 Å². The third-order valence-electron chi connectivity index (χ3n) is 8.42. The number of ether oxygens (including phenoxy) is 2. The number of nitrogens with one attached hydrogen (secondary N) is 4. The van der Waals surface area contributed by atoms with Crippen LogP contribution in [0.25, 0.3) is 0 Å². The molecule has 0 radical (unpaired) electrons. The van der Waals surface area contributed by atoms with E-state index in [1.165, 1.54) is 22.0 Å². The van der Waals surface area contributed by atoms with Gasteiger partial charge in [0, 0.05) is 64.5 Å². The molecule has 0 aliphatic carbocycles. The molecule has 1 aliphatic heterocycles. The molecule has 0 fully saturated rings. The van der Waals surface area contributed by atoms with Crippen LogP contribution in [0.1, 0.15) is 78.7 Å². The number of benzene rings is 1. The zero-order valence-corrected chi connectivity index (χ0v) is 33.5. The monoisotopic (exact) mass is 786 g/mol. The Bertz CT molecular complexity index is 1560. The number of rotatable bonds is 21. The Kier molecular flexibility index (Phi) is 18.8. The number of amides is 9. The summed E-state index contributed by atoms with van der Waals surface area (Å²) >= 11 is 0. The fourth-order valence-electron chi connectivity index (χ4n) is 5.20. The Morgan fingerprint density at radius 1 is 0.821 bits per heavy atom. The van der Waals surface area contributed by atoms with Crippen molar-refractivity contribution in [2.75, 3.05) is 45.6 Å². The zero-order valence-electron chi connectivity index (χ0n) is 33.5. The number of unbranched alkanes of at least 4 members (excludes halogenated alkanes) is 2. The second kappa shape index (κ2) is 22.6. The summed E-state index contributed by atoms with van der Waals surface area (Å²) in [6.07, 6.45) is 3.52. The second-order valence-electron chi connectivity index (χ2n) is 14.8. The summed E-state index contributed by atoms with van der Waals surface area (Å²) in [6, 6.07) is 3.85. The molecule has 18 nitrogen and oxygen atoms in total. The summed E-state index contributed by atoms with van der Waals surface area (Å²) in [6.45, 7) is 9.65. The van der Waals surface area contributed by atoms with Crippen LogP contribution in [0.3, 0.4) is 0 Å². The molecular weight excluding hydrogens is 728 g/mol. The fraction of sp³-hybridized carbons (Fsp3) is 0.579. The van der Waals surface area contributed by atoms with Gasteiger partial charge in [-0.15, -0.1) is 0 Å². The van der Waals surface area contributed by atoms with Gasteiger partial charge in [0.15, 0.2) is 0 Å². The molecule has 1 aliphatic rings. The van der Waals surface area contributed by atoms with E-state index in [4.69, 9.17) is 15.2 Å². The molecule has 0 spiro atoms. The molecule has 9 amide bonds. The number of carbonyl (C=O) groups is 8. The molecule has 0 aromatic heterocycles. The van der Waals surface area contributed by atoms with E-state index in [0.29, 0.717) is 36.9 Å². The molecule has 1 aromatic rings. The second-order valence-corrected chi connectivity index (χ2v) is 14.8. The van der Waals surface area contributed by atoms with E-state index in [0.717, 1.165) is 4.90 Å². The van der Waals surface area contributed by atoms with E-state index in [9.17, 15) is 38.4 Å². The van der Waals surface area contributed by atoms with Gasteiger partial charge in [0.25, 0.3) is 11.8 Å². The maximum atomic E-state index is 13.4. The Hall–Kier alpha value is -5.68. The van der Waals surface area contributed by atoms with Gasteiger partial charge in [-0.1, -0.05) is 32.4 Å². The van der Waals surface area contributed by atoms with E-state index in [1.807, 2.05) is 0 Å². The van der Waals surface area contributed by atoms with Crippen LogP contribution >= 0.6 is 0 Å². The first kappa shape index (κ1) is 46.5. The van der Waals surface area contributed by atoms with E-state index >= 15 is 0 Å². The van der Waals surface area contributed by atoms with Gasteiger partial charge in [-0.3, -0.25) is 28.9 Å². The number of nitrogens with two attached hydrogens (primary N) is 1. The minimum absolute atomic E-state index is 0.0501. The van der Waals surface area contributed by atoms with Crippen molar-refractivity contribution in [1.29, 1.82) is 0 Å². The third-order valence-corrected chi connectivity index (χ3v) is 8.42. The van der Waals surface area contributed by atoms with Gasteiger partial charge in [0.2, 0.25) is 17.7 Å². The normalized spacial score (nSPS) is 13.5. The van der Waals surface area contributed by atoms with Crippen LogP contribution in [0.5, 0.6) is 0 Å². The predicted octanol–water partition coefficient (Wildman–Crippen LogP) is 2.62. The summed E-state index contributed by atoms with van der Waals surface area (Å²) in [5.41, 5.74) is 5.57. The van der Waals surface area contributed by atoms with Crippen molar-refractivity contribution < 1.29 is 47.8 Å². The highest BCUT2D eigenvalue weighted by atomic mass is 16.6.